The fourth-order valence-electron chi connectivity index (χ4n) is 3.97. The third kappa shape index (κ3) is 5.64. The highest BCUT2D eigenvalue weighted by molar-refractivity contribution is 5.72. The molecule has 4 heteroatoms. The maximum absolute atomic E-state index is 13.0. The monoisotopic (exact) mass is 321 g/mol. The molecule has 0 heterocycles. The molecule has 0 aromatic carbocycles. The van der Waals surface area contributed by atoms with Crippen LogP contribution in [0.15, 0.2) is 11.9 Å². The molecule has 0 N–H and O–H groups in total. The molecule has 2 fully saturated rings. The number of esters is 1. The quantitative estimate of drug-likeness (QED) is 0.524. The van der Waals surface area contributed by atoms with Crippen LogP contribution >= 0.6 is 0 Å². The second-order valence-corrected chi connectivity index (χ2v) is 7.11. The number of halogens is 1. The topological polar surface area (TPSA) is 50.1 Å². The van der Waals surface area contributed by atoms with Gasteiger partial charge in [-0.1, -0.05) is 19.8 Å². The molecule has 0 radical (unpaired) electrons. The Morgan fingerprint density at radius 3 is 2.39 bits per heavy atom. The maximum Gasteiger partial charge on any atom is 0.309 e. The molecule has 0 aromatic heterocycles. The predicted octanol–water partition coefficient (Wildman–Crippen LogP) is 5.07. The van der Waals surface area contributed by atoms with Crippen LogP contribution in [0.2, 0.25) is 0 Å². The number of hydrogen-bond acceptors (Lipinski definition) is 3. The van der Waals surface area contributed by atoms with Crippen molar-refractivity contribution in [3.05, 3.63) is 11.9 Å². The van der Waals surface area contributed by atoms with Crippen LogP contribution in [-0.4, -0.2) is 12.1 Å². The van der Waals surface area contributed by atoms with E-state index in [1.807, 2.05) is 0 Å². The third-order valence-electron chi connectivity index (χ3n) is 5.37. The molecular weight excluding hydrogens is 293 g/mol. The first-order valence-corrected chi connectivity index (χ1v) is 9.10. The smallest absolute Gasteiger partial charge is 0.309 e. The van der Waals surface area contributed by atoms with E-state index in [2.05, 4.69) is 6.92 Å². The van der Waals surface area contributed by atoms with Crippen molar-refractivity contribution in [2.45, 2.75) is 77.2 Å². The van der Waals surface area contributed by atoms with Gasteiger partial charge in [-0.2, -0.15) is 9.65 Å². The molecule has 0 amide bonds. The molecule has 0 unspecified atom stereocenters. The summed E-state index contributed by atoms with van der Waals surface area (Å²) in [6, 6.07) is 1.52. The molecule has 2 saturated carbocycles. The first-order valence-electron chi connectivity index (χ1n) is 9.10. The standard InChI is InChI=1S/C19H28FNO2/c1-2-3-14-4-8-16(9-5-14)19(22)23-18-10-6-15(7-11-18)12-17(20)13-21/h12,14-16,18H,2-11H2,1H3/b17-12+. The van der Waals surface area contributed by atoms with E-state index in [-0.39, 0.29) is 23.9 Å². The van der Waals surface area contributed by atoms with Gasteiger partial charge < -0.3 is 4.74 Å². The lowest BCUT2D eigenvalue weighted by Gasteiger charge is -2.30. The molecule has 2 rings (SSSR count). The minimum atomic E-state index is -0.700. The minimum absolute atomic E-state index is 0.0225. The summed E-state index contributed by atoms with van der Waals surface area (Å²) in [5.41, 5.74) is 0. The van der Waals surface area contributed by atoms with Crippen molar-refractivity contribution in [2.24, 2.45) is 17.8 Å². The van der Waals surface area contributed by atoms with E-state index in [1.165, 1.54) is 25.0 Å². The lowest BCUT2D eigenvalue weighted by atomic mass is 9.80. The molecular formula is C19H28FNO2. The van der Waals surface area contributed by atoms with Gasteiger partial charge in [-0.25, -0.2) is 0 Å². The van der Waals surface area contributed by atoms with E-state index in [0.29, 0.717) is 0 Å². The molecule has 0 atom stereocenters. The molecule has 0 bridgehead atoms. The normalized spacial score (nSPS) is 32.1. The van der Waals surface area contributed by atoms with Crippen molar-refractivity contribution in [1.82, 2.24) is 0 Å². The van der Waals surface area contributed by atoms with E-state index in [4.69, 9.17) is 10.00 Å². The molecule has 23 heavy (non-hydrogen) atoms. The summed E-state index contributed by atoms with van der Waals surface area (Å²) in [5, 5.41) is 8.47. The Hall–Kier alpha value is -1.37. The Morgan fingerprint density at radius 1 is 1.17 bits per heavy atom. The van der Waals surface area contributed by atoms with Gasteiger partial charge in [0.15, 0.2) is 5.83 Å². The van der Waals surface area contributed by atoms with Crippen LogP contribution in [0, 0.1) is 29.1 Å². The van der Waals surface area contributed by atoms with Crippen molar-refractivity contribution in [2.75, 3.05) is 0 Å². The zero-order valence-electron chi connectivity index (χ0n) is 14.1. The number of hydrogen-bond donors (Lipinski definition) is 0. The molecule has 2 aliphatic rings. The Kier molecular flexibility index (Phi) is 7.08. The summed E-state index contributed by atoms with van der Waals surface area (Å²) >= 11 is 0. The first kappa shape index (κ1) is 18.0. The van der Waals surface area contributed by atoms with Crippen molar-refractivity contribution >= 4 is 5.97 Å². The van der Waals surface area contributed by atoms with Crippen LogP contribution in [0.1, 0.15) is 71.1 Å². The lowest BCUT2D eigenvalue weighted by Crippen LogP contribution is -2.30. The van der Waals surface area contributed by atoms with Gasteiger partial charge >= 0.3 is 5.97 Å². The summed E-state index contributed by atoms with van der Waals surface area (Å²) in [7, 11) is 0. The highest BCUT2D eigenvalue weighted by Crippen LogP contribution is 2.34. The van der Waals surface area contributed by atoms with Crippen LogP contribution < -0.4 is 0 Å². The summed E-state index contributed by atoms with van der Waals surface area (Å²) in [4.78, 5) is 12.3. The Morgan fingerprint density at radius 2 is 1.83 bits per heavy atom. The van der Waals surface area contributed by atoms with Crippen LogP contribution in [0.25, 0.3) is 0 Å². The minimum Gasteiger partial charge on any atom is -0.462 e. The van der Waals surface area contributed by atoms with E-state index in [0.717, 1.165) is 57.3 Å². The summed E-state index contributed by atoms with van der Waals surface area (Å²) in [5.74, 6) is 0.253. The Bertz CT molecular complexity index is 452. The van der Waals surface area contributed by atoms with Crippen LogP contribution in [0.3, 0.4) is 0 Å². The first-order chi connectivity index (χ1) is 11.1. The molecule has 0 saturated heterocycles. The maximum atomic E-state index is 13.0. The molecule has 128 valence electrons. The van der Waals surface area contributed by atoms with Gasteiger partial charge in [-0.05, 0) is 69.3 Å². The fourth-order valence-corrected chi connectivity index (χ4v) is 3.97. The third-order valence-corrected chi connectivity index (χ3v) is 5.37. The number of carbonyl (C=O) groups is 1. The number of ether oxygens (including phenoxy) is 1. The molecule has 0 spiro atoms. The zero-order chi connectivity index (χ0) is 16.7. The highest BCUT2D eigenvalue weighted by Gasteiger charge is 2.30. The number of allylic oxidation sites excluding steroid dienone is 2. The van der Waals surface area contributed by atoms with Gasteiger partial charge in [0.1, 0.15) is 12.2 Å². The fraction of sp³-hybridized carbons (Fsp3) is 0.789. The Balaban J connectivity index is 1.70. The predicted molar refractivity (Wildman–Crippen MR) is 87.0 cm³/mol. The van der Waals surface area contributed by atoms with Gasteiger partial charge in [0.25, 0.3) is 0 Å². The number of carbonyl (C=O) groups excluding carboxylic acids is 1. The lowest BCUT2D eigenvalue weighted by molar-refractivity contribution is -0.157. The van der Waals surface area contributed by atoms with E-state index in [9.17, 15) is 9.18 Å². The molecule has 2 aliphatic carbocycles. The largest absolute Gasteiger partial charge is 0.462 e. The zero-order valence-corrected chi connectivity index (χ0v) is 14.1. The average molecular weight is 321 g/mol. The van der Waals surface area contributed by atoms with Crippen LogP contribution in [0.5, 0.6) is 0 Å². The van der Waals surface area contributed by atoms with Crippen molar-refractivity contribution < 1.29 is 13.9 Å². The molecule has 0 aliphatic heterocycles. The van der Waals surface area contributed by atoms with Gasteiger partial charge in [0, 0.05) is 0 Å². The van der Waals surface area contributed by atoms with Gasteiger partial charge in [0.2, 0.25) is 0 Å². The van der Waals surface area contributed by atoms with Crippen molar-refractivity contribution in [3.8, 4) is 6.07 Å². The number of nitriles is 1. The van der Waals surface area contributed by atoms with E-state index >= 15 is 0 Å². The second kappa shape index (κ2) is 9.05. The summed E-state index contributed by atoms with van der Waals surface area (Å²) in [6.45, 7) is 2.22. The summed E-state index contributed by atoms with van der Waals surface area (Å²) < 4.78 is 18.7. The van der Waals surface area contributed by atoms with Crippen molar-refractivity contribution in [3.63, 3.8) is 0 Å². The number of nitrogens with zero attached hydrogens (tertiary/aromatic N) is 1. The second-order valence-electron chi connectivity index (χ2n) is 7.11. The highest BCUT2D eigenvalue weighted by atomic mass is 19.1. The SMILES string of the molecule is CCCC1CCC(C(=O)OC2CCC(/C=C(/F)C#N)CC2)CC1. The van der Waals surface area contributed by atoms with Gasteiger partial charge in [-0.15, -0.1) is 0 Å². The molecule has 3 nitrogen and oxygen atoms in total. The van der Waals surface area contributed by atoms with Crippen molar-refractivity contribution in [1.29, 1.82) is 5.26 Å². The summed E-state index contributed by atoms with van der Waals surface area (Å²) in [6.07, 6.45) is 11.3. The van der Waals surface area contributed by atoms with Gasteiger partial charge in [-0.3, -0.25) is 4.79 Å². The van der Waals surface area contributed by atoms with Crippen LogP contribution in [-0.2, 0) is 9.53 Å². The molecule has 0 aromatic rings. The van der Waals surface area contributed by atoms with Crippen LogP contribution in [0.4, 0.5) is 4.39 Å². The average Bonchev–Trinajstić information content (AvgIpc) is 2.57. The number of rotatable bonds is 5. The van der Waals surface area contributed by atoms with E-state index < -0.39 is 5.83 Å². The van der Waals surface area contributed by atoms with Gasteiger partial charge in [0.05, 0.1) is 5.92 Å². The van der Waals surface area contributed by atoms with E-state index in [1.54, 1.807) is 0 Å². The Labute approximate surface area is 138 Å².